The van der Waals surface area contributed by atoms with Gasteiger partial charge < -0.3 is 5.41 Å². The van der Waals surface area contributed by atoms with E-state index in [0.29, 0.717) is 6.04 Å². The van der Waals surface area contributed by atoms with Gasteiger partial charge in [-0.2, -0.15) is 0 Å². The van der Waals surface area contributed by atoms with Crippen LogP contribution in [-0.2, 0) is 6.42 Å². The molecule has 121 valence electrons. The molecule has 1 aromatic rings. The number of hydrogen-bond acceptors (Lipinski definition) is 2. The van der Waals surface area contributed by atoms with Crippen molar-refractivity contribution in [2.24, 2.45) is 5.92 Å². The minimum absolute atomic E-state index is 0.105. The summed E-state index contributed by atoms with van der Waals surface area (Å²) >= 11 is 0. The molecule has 2 rings (SSSR count). The standard InChI is InChI=1S/C19H28FN2/c1-3-6-18(21)15(2)19-7-4-5-13-22(19)14-12-16-8-10-17(20)11-9-16/h8-11,15,19,21H,2-7,12-14H2,1H3. The zero-order chi connectivity index (χ0) is 15.9. The summed E-state index contributed by atoms with van der Waals surface area (Å²) in [6, 6.07) is 7.20. The number of benzene rings is 1. The summed E-state index contributed by atoms with van der Waals surface area (Å²) in [5, 5.41) is 8.21. The maximum Gasteiger partial charge on any atom is 0.123 e. The minimum atomic E-state index is -0.176. The SMILES string of the molecule is [CH2]C(C(=N)CCC)C1CCCCN1CCc1ccc(F)cc1. The normalized spacial score (nSPS) is 20.8. The molecule has 1 aromatic carbocycles. The second-order valence-corrected chi connectivity index (χ2v) is 6.36. The summed E-state index contributed by atoms with van der Waals surface area (Å²) in [5.74, 6) is -0.0705. The first-order valence-corrected chi connectivity index (χ1v) is 8.50. The highest BCUT2D eigenvalue weighted by Crippen LogP contribution is 2.25. The summed E-state index contributed by atoms with van der Waals surface area (Å²) in [6.07, 6.45) is 6.43. The molecule has 2 nitrogen and oxygen atoms in total. The monoisotopic (exact) mass is 303 g/mol. The molecule has 0 amide bonds. The number of halogens is 1. The minimum Gasteiger partial charge on any atom is -0.309 e. The third-order valence-electron chi connectivity index (χ3n) is 4.70. The molecule has 0 saturated carbocycles. The van der Waals surface area contributed by atoms with E-state index >= 15 is 0 Å². The number of likely N-dealkylation sites (tertiary alicyclic amines) is 1. The van der Waals surface area contributed by atoms with Gasteiger partial charge in [-0.05, 0) is 56.8 Å². The van der Waals surface area contributed by atoms with Crippen LogP contribution in [0.25, 0.3) is 0 Å². The fourth-order valence-corrected chi connectivity index (χ4v) is 3.36. The van der Waals surface area contributed by atoms with Crippen molar-refractivity contribution in [3.63, 3.8) is 0 Å². The van der Waals surface area contributed by atoms with Gasteiger partial charge in [-0.1, -0.05) is 31.9 Å². The van der Waals surface area contributed by atoms with Crippen LogP contribution in [0.2, 0.25) is 0 Å². The van der Waals surface area contributed by atoms with Crippen LogP contribution in [0.1, 0.15) is 44.6 Å². The third-order valence-corrected chi connectivity index (χ3v) is 4.70. The Morgan fingerprint density at radius 1 is 1.36 bits per heavy atom. The molecule has 1 aliphatic heterocycles. The van der Waals surface area contributed by atoms with Crippen LogP contribution in [0.3, 0.4) is 0 Å². The lowest BCUT2D eigenvalue weighted by atomic mass is 9.86. The van der Waals surface area contributed by atoms with Crippen LogP contribution in [0.4, 0.5) is 4.39 Å². The lowest BCUT2D eigenvalue weighted by Crippen LogP contribution is -2.46. The average Bonchev–Trinajstić information content (AvgIpc) is 2.54. The Kier molecular flexibility index (Phi) is 6.56. The molecular weight excluding hydrogens is 275 g/mol. The molecule has 0 aliphatic carbocycles. The van der Waals surface area contributed by atoms with Crippen LogP contribution in [0.5, 0.6) is 0 Å². The van der Waals surface area contributed by atoms with Gasteiger partial charge in [0.15, 0.2) is 0 Å². The van der Waals surface area contributed by atoms with Gasteiger partial charge >= 0.3 is 0 Å². The molecule has 1 heterocycles. The van der Waals surface area contributed by atoms with Crippen molar-refractivity contribution >= 4 is 5.71 Å². The molecule has 1 aliphatic rings. The molecule has 0 spiro atoms. The van der Waals surface area contributed by atoms with E-state index in [1.54, 1.807) is 0 Å². The smallest absolute Gasteiger partial charge is 0.123 e. The molecule has 2 unspecified atom stereocenters. The number of rotatable bonds is 7. The van der Waals surface area contributed by atoms with Gasteiger partial charge in [-0.15, -0.1) is 0 Å². The molecule has 1 N–H and O–H groups in total. The number of nitrogens with zero attached hydrogens (tertiary/aromatic N) is 1. The van der Waals surface area contributed by atoms with Gasteiger partial charge in [0.05, 0.1) is 0 Å². The molecule has 0 bridgehead atoms. The second kappa shape index (κ2) is 8.42. The maximum atomic E-state index is 13.0. The number of nitrogens with one attached hydrogen (secondary N) is 1. The fraction of sp³-hybridized carbons (Fsp3) is 0.579. The van der Waals surface area contributed by atoms with Crippen molar-refractivity contribution in [3.8, 4) is 0 Å². The summed E-state index contributed by atoms with van der Waals surface area (Å²) in [7, 11) is 0. The van der Waals surface area contributed by atoms with Gasteiger partial charge in [-0.3, -0.25) is 4.90 Å². The van der Waals surface area contributed by atoms with Gasteiger partial charge in [0, 0.05) is 24.2 Å². The van der Waals surface area contributed by atoms with Gasteiger partial charge in [0.2, 0.25) is 0 Å². The Labute approximate surface area is 134 Å². The van der Waals surface area contributed by atoms with Crippen LogP contribution >= 0.6 is 0 Å². The van der Waals surface area contributed by atoms with E-state index in [1.165, 1.54) is 30.5 Å². The molecule has 1 fully saturated rings. The Morgan fingerprint density at radius 2 is 2.09 bits per heavy atom. The molecular formula is C19H28FN2. The van der Waals surface area contributed by atoms with E-state index in [0.717, 1.165) is 44.5 Å². The summed E-state index contributed by atoms with van der Waals surface area (Å²) in [4.78, 5) is 2.49. The quantitative estimate of drug-likeness (QED) is 0.738. The van der Waals surface area contributed by atoms with Crippen LogP contribution in [0, 0.1) is 24.1 Å². The van der Waals surface area contributed by atoms with E-state index in [1.807, 2.05) is 12.1 Å². The van der Waals surface area contributed by atoms with Crippen molar-refractivity contribution in [1.29, 1.82) is 5.41 Å². The Hall–Kier alpha value is -1.22. The summed E-state index contributed by atoms with van der Waals surface area (Å²) in [5.41, 5.74) is 1.97. The molecule has 3 heteroatoms. The topological polar surface area (TPSA) is 27.1 Å². The fourth-order valence-electron chi connectivity index (χ4n) is 3.36. The third kappa shape index (κ3) is 4.64. The Balaban J connectivity index is 1.94. The second-order valence-electron chi connectivity index (χ2n) is 6.36. The first-order valence-electron chi connectivity index (χ1n) is 8.50. The largest absolute Gasteiger partial charge is 0.309 e. The highest BCUT2D eigenvalue weighted by Gasteiger charge is 2.28. The lowest BCUT2D eigenvalue weighted by molar-refractivity contribution is 0.134. The van der Waals surface area contributed by atoms with Crippen molar-refractivity contribution in [2.45, 2.75) is 51.5 Å². The molecule has 1 radical (unpaired) electrons. The molecule has 1 saturated heterocycles. The lowest BCUT2D eigenvalue weighted by Gasteiger charge is -2.39. The van der Waals surface area contributed by atoms with Crippen LogP contribution in [-0.4, -0.2) is 29.7 Å². The van der Waals surface area contributed by atoms with Crippen LogP contribution < -0.4 is 0 Å². The van der Waals surface area contributed by atoms with E-state index in [2.05, 4.69) is 18.7 Å². The predicted octanol–water partition coefficient (Wildman–Crippen LogP) is 4.49. The summed E-state index contributed by atoms with van der Waals surface area (Å²) in [6.45, 7) is 8.47. The first-order chi connectivity index (χ1) is 10.6. The highest BCUT2D eigenvalue weighted by molar-refractivity contribution is 5.85. The predicted molar refractivity (Wildman–Crippen MR) is 90.8 cm³/mol. The highest BCUT2D eigenvalue weighted by atomic mass is 19.1. The van der Waals surface area contributed by atoms with E-state index < -0.39 is 0 Å². The van der Waals surface area contributed by atoms with Gasteiger partial charge in [0.1, 0.15) is 5.82 Å². The van der Waals surface area contributed by atoms with Crippen molar-refractivity contribution in [2.75, 3.05) is 13.1 Å². The van der Waals surface area contributed by atoms with Crippen molar-refractivity contribution in [3.05, 3.63) is 42.6 Å². The first kappa shape index (κ1) is 17.1. The van der Waals surface area contributed by atoms with E-state index in [4.69, 9.17) is 5.41 Å². The number of piperidine rings is 1. The van der Waals surface area contributed by atoms with Crippen molar-refractivity contribution < 1.29 is 4.39 Å². The average molecular weight is 303 g/mol. The Bertz CT molecular complexity index is 469. The molecule has 0 aromatic heterocycles. The maximum absolute atomic E-state index is 13.0. The zero-order valence-electron chi connectivity index (χ0n) is 13.7. The number of hydrogen-bond donors (Lipinski definition) is 1. The molecule has 22 heavy (non-hydrogen) atoms. The zero-order valence-corrected chi connectivity index (χ0v) is 13.7. The van der Waals surface area contributed by atoms with Crippen molar-refractivity contribution in [1.82, 2.24) is 4.90 Å². The van der Waals surface area contributed by atoms with E-state index in [9.17, 15) is 4.39 Å². The van der Waals surface area contributed by atoms with Gasteiger partial charge in [-0.25, -0.2) is 4.39 Å². The van der Waals surface area contributed by atoms with Crippen LogP contribution in [0.15, 0.2) is 24.3 Å². The van der Waals surface area contributed by atoms with E-state index in [-0.39, 0.29) is 11.7 Å². The summed E-state index contributed by atoms with van der Waals surface area (Å²) < 4.78 is 13.0. The van der Waals surface area contributed by atoms with Gasteiger partial charge in [0.25, 0.3) is 0 Å². The Morgan fingerprint density at radius 3 is 2.77 bits per heavy atom. The molecule has 2 atom stereocenters.